The summed E-state index contributed by atoms with van der Waals surface area (Å²) in [6, 6.07) is 6.69. The fourth-order valence-corrected chi connectivity index (χ4v) is 3.91. The number of amides is 2. The van der Waals surface area contributed by atoms with Gasteiger partial charge in [-0.15, -0.1) is 10.2 Å². The average molecular weight is 485 g/mol. The number of hydrogen-bond acceptors (Lipinski definition) is 9. The number of nitro groups is 1. The van der Waals surface area contributed by atoms with E-state index in [0.717, 1.165) is 0 Å². The van der Waals surface area contributed by atoms with Gasteiger partial charge in [-0.1, -0.05) is 31.7 Å². The standard InChI is InChI=1S/C21H24N8O4S/c1-4-28-18(26-27-21(28)34-12-16(30)24-20-22-9-6-10-23-20)17(13(2)3)25-19(31)14-7-5-8-15(11-14)29(32)33/h5-11,13,17H,4,12H2,1-3H3,(H,25,31)(H,22,23,24,30)/t17-/m1/s1. The van der Waals surface area contributed by atoms with Crippen molar-refractivity contribution in [3.63, 3.8) is 0 Å². The predicted molar refractivity (Wildman–Crippen MR) is 125 cm³/mol. The van der Waals surface area contributed by atoms with Gasteiger partial charge in [-0.2, -0.15) is 0 Å². The lowest BCUT2D eigenvalue weighted by molar-refractivity contribution is -0.384. The second kappa shape index (κ2) is 11.3. The van der Waals surface area contributed by atoms with Gasteiger partial charge < -0.3 is 9.88 Å². The Morgan fingerprint density at radius 1 is 1.18 bits per heavy atom. The fraction of sp³-hybridized carbons (Fsp3) is 0.333. The van der Waals surface area contributed by atoms with Crippen molar-refractivity contribution < 1.29 is 14.5 Å². The molecule has 0 aliphatic carbocycles. The smallest absolute Gasteiger partial charge is 0.270 e. The van der Waals surface area contributed by atoms with Crippen molar-refractivity contribution in [3.05, 3.63) is 64.2 Å². The Morgan fingerprint density at radius 2 is 1.91 bits per heavy atom. The van der Waals surface area contributed by atoms with E-state index in [-0.39, 0.29) is 34.8 Å². The zero-order chi connectivity index (χ0) is 24.7. The van der Waals surface area contributed by atoms with E-state index in [2.05, 4.69) is 30.8 Å². The Balaban J connectivity index is 1.73. The van der Waals surface area contributed by atoms with E-state index >= 15 is 0 Å². The van der Waals surface area contributed by atoms with Crippen LogP contribution in [-0.4, -0.2) is 47.2 Å². The highest BCUT2D eigenvalue weighted by Gasteiger charge is 2.26. The van der Waals surface area contributed by atoms with Crippen LogP contribution in [0.1, 0.15) is 43.0 Å². The van der Waals surface area contributed by atoms with Crippen LogP contribution in [0.5, 0.6) is 0 Å². The van der Waals surface area contributed by atoms with Crippen molar-refractivity contribution in [3.8, 4) is 0 Å². The molecule has 178 valence electrons. The van der Waals surface area contributed by atoms with Crippen molar-refractivity contribution in [2.75, 3.05) is 11.1 Å². The first-order chi connectivity index (χ1) is 16.3. The molecule has 12 nitrogen and oxygen atoms in total. The first kappa shape index (κ1) is 24.8. The zero-order valence-electron chi connectivity index (χ0n) is 18.8. The monoisotopic (exact) mass is 484 g/mol. The van der Waals surface area contributed by atoms with Gasteiger partial charge in [-0.25, -0.2) is 9.97 Å². The molecule has 0 bridgehead atoms. The molecule has 2 N–H and O–H groups in total. The summed E-state index contributed by atoms with van der Waals surface area (Å²) >= 11 is 1.20. The molecule has 2 amide bonds. The van der Waals surface area contributed by atoms with E-state index in [1.54, 1.807) is 6.07 Å². The Hall–Kier alpha value is -3.87. The van der Waals surface area contributed by atoms with Crippen LogP contribution in [0.2, 0.25) is 0 Å². The number of thioether (sulfide) groups is 1. The van der Waals surface area contributed by atoms with Crippen molar-refractivity contribution >= 4 is 35.2 Å². The number of rotatable bonds is 10. The molecule has 2 heterocycles. The molecule has 2 aromatic heterocycles. The number of non-ortho nitro benzene ring substituents is 1. The van der Waals surface area contributed by atoms with Crippen LogP contribution in [0, 0.1) is 16.0 Å². The van der Waals surface area contributed by atoms with Crippen molar-refractivity contribution in [2.45, 2.75) is 38.5 Å². The molecule has 0 fully saturated rings. The summed E-state index contributed by atoms with van der Waals surface area (Å²) in [5.74, 6) is 0.0313. The summed E-state index contributed by atoms with van der Waals surface area (Å²) in [4.78, 5) is 43.5. The van der Waals surface area contributed by atoms with E-state index < -0.39 is 16.9 Å². The topological polar surface area (TPSA) is 158 Å². The molecule has 0 aliphatic rings. The number of aromatic nitrogens is 5. The minimum atomic E-state index is -0.548. The zero-order valence-corrected chi connectivity index (χ0v) is 19.7. The molecule has 3 aromatic rings. The molecule has 0 spiro atoms. The van der Waals surface area contributed by atoms with Gasteiger partial charge in [0.2, 0.25) is 11.9 Å². The SMILES string of the molecule is CCn1c(SCC(=O)Nc2ncccn2)nnc1[C@H](NC(=O)c1cccc([N+](=O)[O-])c1)C(C)C. The molecule has 0 radical (unpaired) electrons. The number of nitro benzene ring substituents is 1. The number of nitrogens with zero attached hydrogens (tertiary/aromatic N) is 6. The van der Waals surface area contributed by atoms with E-state index in [0.29, 0.717) is 17.5 Å². The van der Waals surface area contributed by atoms with E-state index in [1.165, 1.54) is 48.4 Å². The maximum atomic E-state index is 12.8. The quantitative estimate of drug-likeness (QED) is 0.251. The van der Waals surface area contributed by atoms with Gasteiger partial charge in [0.1, 0.15) is 0 Å². The Kier molecular flexibility index (Phi) is 8.24. The van der Waals surface area contributed by atoms with Crippen LogP contribution in [0.3, 0.4) is 0 Å². The Labute approximate surface area is 199 Å². The third-order valence-corrected chi connectivity index (χ3v) is 5.73. The summed E-state index contributed by atoms with van der Waals surface area (Å²) in [7, 11) is 0. The minimum absolute atomic E-state index is 0.0477. The molecule has 0 saturated carbocycles. The van der Waals surface area contributed by atoms with Crippen molar-refractivity contribution in [2.24, 2.45) is 5.92 Å². The molecule has 0 unspecified atom stereocenters. The maximum Gasteiger partial charge on any atom is 0.270 e. The normalized spacial score (nSPS) is 11.8. The number of nitrogens with one attached hydrogen (secondary N) is 2. The third kappa shape index (κ3) is 6.13. The van der Waals surface area contributed by atoms with E-state index in [9.17, 15) is 19.7 Å². The summed E-state index contributed by atoms with van der Waals surface area (Å²) in [6.07, 6.45) is 3.06. The molecular weight excluding hydrogens is 460 g/mol. The van der Waals surface area contributed by atoms with Gasteiger partial charge in [0.25, 0.3) is 11.6 Å². The molecule has 1 aromatic carbocycles. The first-order valence-corrected chi connectivity index (χ1v) is 11.5. The number of carbonyl (C=O) groups excluding carboxylic acids is 2. The van der Waals surface area contributed by atoms with Gasteiger partial charge in [0, 0.05) is 36.6 Å². The molecule has 3 rings (SSSR count). The van der Waals surface area contributed by atoms with Crippen LogP contribution in [0.25, 0.3) is 0 Å². The van der Waals surface area contributed by atoms with E-state index in [4.69, 9.17) is 0 Å². The van der Waals surface area contributed by atoms with Gasteiger partial charge in [-0.05, 0) is 25.0 Å². The lowest BCUT2D eigenvalue weighted by atomic mass is 10.0. The Morgan fingerprint density at radius 3 is 2.56 bits per heavy atom. The number of benzene rings is 1. The molecule has 1 atom stereocenters. The second-order valence-corrected chi connectivity index (χ2v) is 8.44. The fourth-order valence-electron chi connectivity index (χ4n) is 3.10. The van der Waals surface area contributed by atoms with Crippen molar-refractivity contribution in [1.29, 1.82) is 0 Å². The summed E-state index contributed by atoms with van der Waals surface area (Å²) < 4.78 is 1.83. The van der Waals surface area contributed by atoms with Gasteiger partial charge in [0.05, 0.1) is 16.7 Å². The highest BCUT2D eigenvalue weighted by Crippen LogP contribution is 2.26. The minimum Gasteiger partial charge on any atom is -0.342 e. The number of hydrogen-bond donors (Lipinski definition) is 2. The van der Waals surface area contributed by atoms with Gasteiger partial charge >= 0.3 is 0 Å². The lowest BCUT2D eigenvalue weighted by Gasteiger charge is -2.22. The second-order valence-electron chi connectivity index (χ2n) is 7.50. The number of anilines is 1. The third-order valence-electron chi connectivity index (χ3n) is 4.76. The number of carbonyl (C=O) groups is 2. The molecule has 34 heavy (non-hydrogen) atoms. The average Bonchev–Trinajstić information content (AvgIpc) is 3.24. The molecule has 0 saturated heterocycles. The molecule has 13 heteroatoms. The summed E-state index contributed by atoms with van der Waals surface area (Å²) in [6.45, 7) is 6.28. The van der Waals surface area contributed by atoms with E-state index in [1.807, 2.05) is 25.3 Å². The van der Waals surface area contributed by atoms with Crippen molar-refractivity contribution in [1.82, 2.24) is 30.0 Å². The lowest BCUT2D eigenvalue weighted by Crippen LogP contribution is -2.33. The van der Waals surface area contributed by atoms with Crippen LogP contribution in [0.15, 0.2) is 47.9 Å². The van der Waals surface area contributed by atoms with Crippen LogP contribution in [-0.2, 0) is 11.3 Å². The molecular formula is C21H24N8O4S. The van der Waals surface area contributed by atoms with Crippen LogP contribution >= 0.6 is 11.8 Å². The highest BCUT2D eigenvalue weighted by atomic mass is 32.2. The van der Waals surface area contributed by atoms with Gasteiger partial charge in [-0.3, -0.25) is 25.0 Å². The first-order valence-electron chi connectivity index (χ1n) is 10.5. The largest absolute Gasteiger partial charge is 0.342 e. The summed E-state index contributed by atoms with van der Waals surface area (Å²) in [5, 5.41) is 25.6. The molecule has 0 aliphatic heterocycles. The van der Waals surface area contributed by atoms with Crippen LogP contribution < -0.4 is 10.6 Å². The summed E-state index contributed by atoms with van der Waals surface area (Å²) in [5.41, 5.74) is 0.0140. The van der Waals surface area contributed by atoms with Crippen LogP contribution in [0.4, 0.5) is 11.6 Å². The highest BCUT2D eigenvalue weighted by molar-refractivity contribution is 7.99. The maximum absolute atomic E-state index is 12.8. The Bertz CT molecular complexity index is 1170. The van der Waals surface area contributed by atoms with Gasteiger partial charge in [0.15, 0.2) is 11.0 Å². The predicted octanol–water partition coefficient (Wildman–Crippen LogP) is 2.85.